The van der Waals surface area contributed by atoms with Crippen molar-refractivity contribution >= 4 is 17.9 Å². The van der Waals surface area contributed by atoms with Crippen LogP contribution in [0.25, 0.3) is 6.08 Å². The van der Waals surface area contributed by atoms with Gasteiger partial charge in [-0.25, -0.2) is 0 Å². The normalized spacial score (nSPS) is 10.6. The molecule has 5 heteroatoms. The first kappa shape index (κ1) is 16.8. The number of primary amides is 1. The van der Waals surface area contributed by atoms with Crippen molar-refractivity contribution in [2.75, 3.05) is 20.2 Å². The van der Waals surface area contributed by atoms with Gasteiger partial charge in [-0.3, -0.25) is 9.59 Å². The molecule has 0 aliphatic carbocycles. The van der Waals surface area contributed by atoms with Crippen molar-refractivity contribution in [3.63, 3.8) is 0 Å². The van der Waals surface area contributed by atoms with Gasteiger partial charge in [0.15, 0.2) is 0 Å². The van der Waals surface area contributed by atoms with Crippen LogP contribution in [0.5, 0.6) is 5.75 Å². The zero-order valence-corrected chi connectivity index (χ0v) is 12.5. The fraction of sp³-hybridized carbons (Fsp3) is 0.375. The number of nitrogens with two attached hydrogens (primary N) is 1. The van der Waals surface area contributed by atoms with Crippen LogP contribution in [0.4, 0.5) is 0 Å². The zero-order valence-electron chi connectivity index (χ0n) is 12.5. The summed E-state index contributed by atoms with van der Waals surface area (Å²) in [5.41, 5.74) is 6.06. The third kappa shape index (κ3) is 6.12. The molecule has 0 bridgehead atoms. The van der Waals surface area contributed by atoms with Gasteiger partial charge in [0.25, 0.3) is 0 Å². The number of rotatable bonds is 8. The second kappa shape index (κ2) is 8.79. The SMILES string of the molecule is CCCCN(CC(N)=O)C(=O)C=Cc1ccc(OC)cc1. The Bertz CT molecular complexity index is 495. The van der Waals surface area contributed by atoms with Crippen LogP contribution in [-0.4, -0.2) is 36.9 Å². The maximum absolute atomic E-state index is 12.1. The zero-order chi connectivity index (χ0) is 15.7. The largest absolute Gasteiger partial charge is 0.497 e. The molecule has 1 aromatic rings. The van der Waals surface area contributed by atoms with E-state index < -0.39 is 5.91 Å². The number of amides is 2. The molecule has 0 aliphatic heterocycles. The number of nitrogens with zero attached hydrogens (tertiary/aromatic N) is 1. The van der Waals surface area contributed by atoms with Crippen molar-refractivity contribution in [2.24, 2.45) is 5.73 Å². The molecule has 0 aliphatic rings. The monoisotopic (exact) mass is 290 g/mol. The summed E-state index contributed by atoms with van der Waals surface area (Å²) in [6, 6.07) is 7.35. The van der Waals surface area contributed by atoms with E-state index in [4.69, 9.17) is 10.5 Å². The minimum absolute atomic E-state index is 0.0498. The van der Waals surface area contributed by atoms with Crippen molar-refractivity contribution in [1.29, 1.82) is 0 Å². The smallest absolute Gasteiger partial charge is 0.247 e. The van der Waals surface area contributed by atoms with Crippen LogP contribution >= 0.6 is 0 Å². The van der Waals surface area contributed by atoms with Gasteiger partial charge < -0.3 is 15.4 Å². The van der Waals surface area contributed by atoms with Gasteiger partial charge in [0.1, 0.15) is 5.75 Å². The highest BCUT2D eigenvalue weighted by Gasteiger charge is 2.12. The second-order valence-electron chi connectivity index (χ2n) is 4.69. The summed E-state index contributed by atoms with van der Waals surface area (Å²) >= 11 is 0. The van der Waals surface area contributed by atoms with Crippen LogP contribution in [0, 0.1) is 0 Å². The molecule has 0 fully saturated rings. The Labute approximate surface area is 125 Å². The van der Waals surface area contributed by atoms with Crippen LogP contribution in [0.2, 0.25) is 0 Å². The Kier molecular flexibility index (Phi) is 7.01. The van der Waals surface area contributed by atoms with Crippen molar-refractivity contribution in [2.45, 2.75) is 19.8 Å². The number of carbonyl (C=O) groups excluding carboxylic acids is 2. The van der Waals surface area contributed by atoms with Crippen LogP contribution < -0.4 is 10.5 Å². The summed E-state index contributed by atoms with van der Waals surface area (Å²) in [7, 11) is 1.60. The highest BCUT2D eigenvalue weighted by atomic mass is 16.5. The van der Waals surface area contributed by atoms with Crippen molar-refractivity contribution in [3.8, 4) is 5.75 Å². The summed E-state index contributed by atoms with van der Waals surface area (Å²) in [6.45, 7) is 2.51. The summed E-state index contributed by atoms with van der Waals surface area (Å²) in [6.07, 6.45) is 4.96. The number of benzene rings is 1. The van der Waals surface area contributed by atoms with Gasteiger partial charge in [-0.2, -0.15) is 0 Å². The molecule has 0 heterocycles. The quantitative estimate of drug-likeness (QED) is 0.742. The topological polar surface area (TPSA) is 72.6 Å². The fourth-order valence-electron chi connectivity index (χ4n) is 1.79. The summed E-state index contributed by atoms with van der Waals surface area (Å²) in [4.78, 5) is 24.6. The molecular formula is C16H22N2O3. The van der Waals surface area contributed by atoms with E-state index in [-0.39, 0.29) is 12.5 Å². The second-order valence-corrected chi connectivity index (χ2v) is 4.69. The van der Waals surface area contributed by atoms with Crippen molar-refractivity contribution in [1.82, 2.24) is 4.90 Å². The summed E-state index contributed by atoms with van der Waals surface area (Å²) in [5.74, 6) is 0.0483. The lowest BCUT2D eigenvalue weighted by atomic mass is 10.2. The molecule has 0 aromatic heterocycles. The van der Waals surface area contributed by atoms with E-state index >= 15 is 0 Å². The van der Waals surface area contributed by atoms with E-state index in [9.17, 15) is 9.59 Å². The lowest BCUT2D eigenvalue weighted by Crippen LogP contribution is -2.38. The molecule has 0 radical (unpaired) electrons. The van der Waals surface area contributed by atoms with Crippen molar-refractivity contribution < 1.29 is 14.3 Å². The molecule has 2 N–H and O–H groups in total. The molecule has 0 saturated heterocycles. The standard InChI is InChI=1S/C16H22N2O3/c1-3-4-11-18(12-15(17)19)16(20)10-7-13-5-8-14(21-2)9-6-13/h5-10H,3-4,11-12H2,1-2H3,(H2,17,19). The Morgan fingerprint density at radius 3 is 2.48 bits per heavy atom. The van der Waals surface area contributed by atoms with E-state index in [0.29, 0.717) is 6.54 Å². The van der Waals surface area contributed by atoms with E-state index in [1.165, 1.54) is 11.0 Å². The molecule has 21 heavy (non-hydrogen) atoms. The van der Waals surface area contributed by atoms with Gasteiger partial charge in [0, 0.05) is 12.6 Å². The average molecular weight is 290 g/mol. The lowest BCUT2D eigenvalue weighted by Gasteiger charge is -2.18. The highest BCUT2D eigenvalue weighted by molar-refractivity contribution is 5.94. The maximum Gasteiger partial charge on any atom is 0.247 e. The molecule has 5 nitrogen and oxygen atoms in total. The van der Waals surface area contributed by atoms with Gasteiger partial charge in [0.05, 0.1) is 13.7 Å². The maximum atomic E-state index is 12.1. The molecule has 0 atom stereocenters. The first-order valence-electron chi connectivity index (χ1n) is 6.96. The number of ether oxygens (including phenoxy) is 1. The minimum atomic E-state index is -0.502. The number of carbonyl (C=O) groups is 2. The lowest BCUT2D eigenvalue weighted by molar-refractivity contribution is -0.131. The molecule has 0 saturated carbocycles. The van der Waals surface area contributed by atoms with E-state index in [1.54, 1.807) is 13.2 Å². The fourth-order valence-corrected chi connectivity index (χ4v) is 1.79. The number of methoxy groups -OCH3 is 1. The van der Waals surface area contributed by atoms with E-state index in [0.717, 1.165) is 24.2 Å². The molecular weight excluding hydrogens is 268 g/mol. The van der Waals surface area contributed by atoms with Crippen molar-refractivity contribution in [3.05, 3.63) is 35.9 Å². The predicted molar refractivity (Wildman–Crippen MR) is 82.7 cm³/mol. The Morgan fingerprint density at radius 2 is 1.95 bits per heavy atom. The molecule has 0 spiro atoms. The molecule has 0 unspecified atom stereocenters. The molecule has 1 aromatic carbocycles. The van der Waals surface area contributed by atoms with Gasteiger partial charge in [-0.15, -0.1) is 0 Å². The predicted octanol–water partition coefficient (Wildman–Crippen LogP) is 1.82. The summed E-state index contributed by atoms with van der Waals surface area (Å²) < 4.78 is 5.07. The van der Waals surface area contributed by atoms with Crippen LogP contribution in [0.1, 0.15) is 25.3 Å². The van der Waals surface area contributed by atoms with Crippen LogP contribution in [-0.2, 0) is 9.59 Å². The minimum Gasteiger partial charge on any atom is -0.497 e. The first-order valence-corrected chi connectivity index (χ1v) is 6.96. The van der Waals surface area contributed by atoms with Gasteiger partial charge in [-0.05, 0) is 30.2 Å². The first-order chi connectivity index (χ1) is 10.1. The Hall–Kier alpha value is -2.30. The Balaban J connectivity index is 2.69. The summed E-state index contributed by atoms with van der Waals surface area (Å²) in [5, 5.41) is 0. The van der Waals surface area contributed by atoms with E-state index in [2.05, 4.69) is 0 Å². The Morgan fingerprint density at radius 1 is 1.29 bits per heavy atom. The number of hydrogen-bond acceptors (Lipinski definition) is 3. The van der Waals surface area contributed by atoms with Crippen LogP contribution in [0.3, 0.4) is 0 Å². The van der Waals surface area contributed by atoms with Gasteiger partial charge in [0.2, 0.25) is 11.8 Å². The third-order valence-corrected chi connectivity index (χ3v) is 2.97. The number of unbranched alkanes of at least 4 members (excludes halogenated alkanes) is 1. The van der Waals surface area contributed by atoms with Gasteiger partial charge >= 0.3 is 0 Å². The molecule has 2 amide bonds. The average Bonchev–Trinajstić information content (AvgIpc) is 2.49. The number of hydrogen-bond donors (Lipinski definition) is 1. The highest BCUT2D eigenvalue weighted by Crippen LogP contribution is 2.12. The van der Waals surface area contributed by atoms with Crippen LogP contribution in [0.15, 0.2) is 30.3 Å². The van der Waals surface area contributed by atoms with E-state index in [1.807, 2.05) is 31.2 Å². The third-order valence-electron chi connectivity index (χ3n) is 2.97. The molecule has 1 rings (SSSR count). The van der Waals surface area contributed by atoms with Gasteiger partial charge in [-0.1, -0.05) is 25.5 Å². The molecule has 114 valence electrons.